The summed E-state index contributed by atoms with van der Waals surface area (Å²) in [6.07, 6.45) is 1.99. The molecule has 0 spiro atoms. The van der Waals surface area contributed by atoms with Crippen molar-refractivity contribution in [1.82, 2.24) is 4.90 Å². The van der Waals surface area contributed by atoms with Crippen molar-refractivity contribution < 1.29 is 9.59 Å². The lowest BCUT2D eigenvalue weighted by Crippen LogP contribution is -2.38. The highest BCUT2D eigenvalue weighted by Gasteiger charge is 2.33. The Labute approximate surface area is 114 Å². The SMILES string of the molecule is CN1C(=O)C(=O)CC2=C1CCc1cc(Br)ccc12. The number of likely N-dealkylation sites (N-methyl/N-ethyl adjacent to an activating group) is 1. The number of aryl methyl sites for hydroxylation is 1. The smallest absolute Gasteiger partial charge is 0.294 e. The van der Waals surface area contributed by atoms with Crippen molar-refractivity contribution >= 4 is 33.2 Å². The molecule has 1 aliphatic heterocycles. The highest BCUT2D eigenvalue weighted by Crippen LogP contribution is 2.38. The van der Waals surface area contributed by atoms with Crippen LogP contribution in [0.1, 0.15) is 24.0 Å². The molecule has 3 nitrogen and oxygen atoms in total. The average molecular weight is 306 g/mol. The summed E-state index contributed by atoms with van der Waals surface area (Å²) in [5, 5.41) is 0. The molecule has 4 heteroatoms. The normalized spacial score (nSPS) is 18.9. The molecule has 0 unspecified atom stereocenters. The summed E-state index contributed by atoms with van der Waals surface area (Å²) in [5.41, 5.74) is 4.40. The van der Waals surface area contributed by atoms with Crippen LogP contribution < -0.4 is 0 Å². The Kier molecular flexibility index (Phi) is 2.63. The van der Waals surface area contributed by atoms with Gasteiger partial charge >= 0.3 is 0 Å². The van der Waals surface area contributed by atoms with E-state index in [1.807, 2.05) is 12.1 Å². The van der Waals surface area contributed by atoms with E-state index in [-0.39, 0.29) is 18.1 Å². The molecule has 0 bridgehead atoms. The number of ketones is 1. The maximum atomic E-state index is 11.7. The fourth-order valence-electron chi connectivity index (χ4n) is 2.74. The maximum Gasteiger partial charge on any atom is 0.294 e. The Balaban J connectivity index is 2.17. The van der Waals surface area contributed by atoms with E-state index in [0.29, 0.717) is 0 Å². The molecule has 2 aliphatic rings. The second kappa shape index (κ2) is 4.05. The topological polar surface area (TPSA) is 37.4 Å². The lowest BCUT2D eigenvalue weighted by molar-refractivity contribution is -0.142. The fraction of sp³-hybridized carbons (Fsp3) is 0.286. The Morgan fingerprint density at radius 3 is 2.78 bits per heavy atom. The van der Waals surface area contributed by atoms with Crippen molar-refractivity contribution in [3.8, 4) is 0 Å². The van der Waals surface area contributed by atoms with Gasteiger partial charge in [-0.15, -0.1) is 0 Å². The van der Waals surface area contributed by atoms with Crippen LogP contribution in [0.2, 0.25) is 0 Å². The third-order valence-corrected chi connectivity index (χ3v) is 4.15. The van der Waals surface area contributed by atoms with Crippen LogP contribution in [0.25, 0.3) is 5.57 Å². The quantitative estimate of drug-likeness (QED) is 0.691. The van der Waals surface area contributed by atoms with Crippen LogP contribution in [0.15, 0.2) is 28.4 Å². The van der Waals surface area contributed by atoms with Gasteiger partial charge in [-0.2, -0.15) is 0 Å². The molecular formula is C14H12BrNO2. The number of fused-ring (bicyclic) bond motifs is 2. The zero-order chi connectivity index (χ0) is 12.9. The predicted octanol–water partition coefficient (Wildman–Crippen LogP) is 2.54. The molecule has 1 aliphatic carbocycles. The Morgan fingerprint density at radius 1 is 1.22 bits per heavy atom. The number of nitrogens with zero attached hydrogens (tertiary/aromatic N) is 1. The molecule has 0 atom stereocenters. The van der Waals surface area contributed by atoms with E-state index in [1.54, 1.807) is 7.05 Å². The number of allylic oxidation sites excluding steroid dienone is 2. The van der Waals surface area contributed by atoms with E-state index in [4.69, 9.17) is 0 Å². The lowest BCUT2D eigenvalue weighted by atomic mass is 9.83. The standard InChI is InChI=1S/C14H12BrNO2/c1-16-12-5-2-8-6-9(15)3-4-10(8)11(12)7-13(17)14(16)18/h3-4,6H,2,5,7H2,1H3. The van der Waals surface area contributed by atoms with Crippen LogP contribution in [0.3, 0.4) is 0 Å². The number of benzene rings is 1. The van der Waals surface area contributed by atoms with Crippen LogP contribution in [-0.2, 0) is 16.0 Å². The van der Waals surface area contributed by atoms with Gasteiger partial charge in [-0.1, -0.05) is 22.0 Å². The largest absolute Gasteiger partial charge is 0.312 e. The summed E-state index contributed by atoms with van der Waals surface area (Å²) in [4.78, 5) is 24.9. The number of hydrogen-bond donors (Lipinski definition) is 0. The highest BCUT2D eigenvalue weighted by atomic mass is 79.9. The molecule has 0 saturated carbocycles. The molecule has 0 saturated heterocycles. The average Bonchev–Trinajstić information content (AvgIpc) is 2.35. The van der Waals surface area contributed by atoms with Crippen molar-refractivity contribution in [2.45, 2.75) is 19.3 Å². The monoisotopic (exact) mass is 305 g/mol. The van der Waals surface area contributed by atoms with Gasteiger partial charge in [0.2, 0.25) is 5.78 Å². The van der Waals surface area contributed by atoms with E-state index in [0.717, 1.165) is 34.1 Å². The molecule has 3 rings (SSSR count). The van der Waals surface area contributed by atoms with Crippen LogP contribution in [0.5, 0.6) is 0 Å². The summed E-state index contributed by atoms with van der Waals surface area (Å²) in [5.74, 6) is -0.693. The Morgan fingerprint density at radius 2 is 2.00 bits per heavy atom. The lowest BCUT2D eigenvalue weighted by Gasteiger charge is -2.32. The second-order valence-corrected chi connectivity index (χ2v) is 5.61. The zero-order valence-corrected chi connectivity index (χ0v) is 11.6. The van der Waals surface area contributed by atoms with Crippen LogP contribution in [-0.4, -0.2) is 23.6 Å². The van der Waals surface area contributed by atoms with E-state index in [9.17, 15) is 9.59 Å². The molecular weight excluding hydrogens is 294 g/mol. The summed E-state index contributed by atoms with van der Waals surface area (Å²) in [6, 6.07) is 6.11. The third kappa shape index (κ3) is 1.63. The Bertz CT molecular complexity index is 604. The molecule has 92 valence electrons. The first kappa shape index (κ1) is 11.7. The molecule has 0 radical (unpaired) electrons. The van der Waals surface area contributed by atoms with Gasteiger partial charge in [-0.05, 0) is 41.7 Å². The molecule has 0 N–H and O–H groups in total. The number of rotatable bonds is 0. The number of carbonyl (C=O) groups is 2. The van der Waals surface area contributed by atoms with E-state index in [1.165, 1.54) is 10.5 Å². The van der Waals surface area contributed by atoms with Crippen molar-refractivity contribution in [3.05, 3.63) is 39.5 Å². The van der Waals surface area contributed by atoms with Crippen LogP contribution in [0.4, 0.5) is 0 Å². The number of halogens is 1. The first-order chi connectivity index (χ1) is 8.58. The molecule has 0 aromatic heterocycles. The molecule has 1 heterocycles. The predicted molar refractivity (Wildman–Crippen MR) is 71.8 cm³/mol. The summed E-state index contributed by atoms with van der Waals surface area (Å²) >= 11 is 3.46. The number of hydrogen-bond acceptors (Lipinski definition) is 2. The molecule has 1 amide bonds. The van der Waals surface area contributed by atoms with Crippen molar-refractivity contribution in [2.75, 3.05) is 7.05 Å². The van der Waals surface area contributed by atoms with Crippen molar-refractivity contribution in [2.24, 2.45) is 0 Å². The molecule has 0 fully saturated rings. The van der Waals surface area contributed by atoms with E-state index in [2.05, 4.69) is 22.0 Å². The second-order valence-electron chi connectivity index (χ2n) is 4.69. The van der Waals surface area contributed by atoms with Crippen LogP contribution >= 0.6 is 15.9 Å². The minimum Gasteiger partial charge on any atom is -0.312 e. The van der Waals surface area contributed by atoms with Gasteiger partial charge in [-0.25, -0.2) is 0 Å². The van der Waals surface area contributed by atoms with E-state index < -0.39 is 0 Å². The summed E-state index contributed by atoms with van der Waals surface area (Å²) < 4.78 is 1.05. The summed E-state index contributed by atoms with van der Waals surface area (Å²) in [7, 11) is 1.69. The van der Waals surface area contributed by atoms with Gasteiger partial charge in [0.05, 0.1) is 0 Å². The number of amides is 1. The molecule has 1 aromatic carbocycles. The third-order valence-electron chi connectivity index (χ3n) is 3.66. The summed E-state index contributed by atoms with van der Waals surface area (Å²) in [6.45, 7) is 0. The van der Waals surface area contributed by atoms with Crippen molar-refractivity contribution in [1.29, 1.82) is 0 Å². The van der Waals surface area contributed by atoms with Gasteiger partial charge in [-0.3, -0.25) is 9.59 Å². The fourth-order valence-corrected chi connectivity index (χ4v) is 3.14. The Hall–Kier alpha value is -1.42. The van der Waals surface area contributed by atoms with Crippen LogP contribution in [0, 0.1) is 0 Å². The van der Waals surface area contributed by atoms with Gasteiger partial charge < -0.3 is 4.90 Å². The van der Waals surface area contributed by atoms with Gasteiger partial charge in [0.15, 0.2) is 0 Å². The van der Waals surface area contributed by atoms with Gasteiger partial charge in [0.1, 0.15) is 0 Å². The van der Waals surface area contributed by atoms with E-state index >= 15 is 0 Å². The minimum absolute atomic E-state index is 0.243. The number of carbonyl (C=O) groups excluding carboxylic acids is 2. The first-order valence-corrected chi connectivity index (χ1v) is 6.69. The van der Waals surface area contributed by atoms with Gasteiger partial charge in [0, 0.05) is 23.6 Å². The van der Waals surface area contributed by atoms with Crippen molar-refractivity contribution in [3.63, 3.8) is 0 Å². The maximum absolute atomic E-state index is 11.7. The first-order valence-electron chi connectivity index (χ1n) is 5.89. The minimum atomic E-state index is -0.380. The highest BCUT2D eigenvalue weighted by molar-refractivity contribution is 9.10. The number of Topliss-reactive ketones (excluding diaryl/α,β-unsaturated/α-hetero) is 1. The van der Waals surface area contributed by atoms with Gasteiger partial charge in [0.25, 0.3) is 5.91 Å². The zero-order valence-electron chi connectivity index (χ0n) is 10.00. The molecule has 18 heavy (non-hydrogen) atoms. The molecule has 1 aromatic rings.